The standard InChI is InChI=1S/C16H15FN6O/c1-11-20-21-22-23(11)15(9-12-4-2-5-13(17)8-12)16(24)19-14-6-3-7-18-10-14/h2-8,10,15H,9H2,1H3,(H,19,24)/t15-/m1/s1. The van der Waals surface area contributed by atoms with Gasteiger partial charge in [-0.15, -0.1) is 5.10 Å². The molecule has 1 N–H and O–H groups in total. The molecule has 0 radical (unpaired) electrons. The molecule has 122 valence electrons. The van der Waals surface area contributed by atoms with Gasteiger partial charge < -0.3 is 5.32 Å². The molecular weight excluding hydrogens is 311 g/mol. The first-order valence-corrected chi connectivity index (χ1v) is 7.33. The Morgan fingerprint density at radius 3 is 2.88 bits per heavy atom. The van der Waals surface area contributed by atoms with Crippen molar-refractivity contribution in [1.82, 2.24) is 25.2 Å². The number of pyridine rings is 1. The molecule has 0 spiro atoms. The number of hydrogen-bond acceptors (Lipinski definition) is 5. The lowest BCUT2D eigenvalue weighted by atomic mass is 10.0. The van der Waals surface area contributed by atoms with Crippen LogP contribution in [0.3, 0.4) is 0 Å². The van der Waals surface area contributed by atoms with Crippen LogP contribution in [0.5, 0.6) is 0 Å². The Balaban J connectivity index is 1.87. The third kappa shape index (κ3) is 3.60. The number of nitrogens with zero attached hydrogens (tertiary/aromatic N) is 5. The molecule has 1 amide bonds. The first-order valence-electron chi connectivity index (χ1n) is 7.33. The smallest absolute Gasteiger partial charge is 0.249 e. The molecule has 0 aliphatic carbocycles. The van der Waals surface area contributed by atoms with Gasteiger partial charge in [0.2, 0.25) is 5.91 Å². The highest BCUT2D eigenvalue weighted by molar-refractivity contribution is 5.93. The predicted octanol–water partition coefficient (Wildman–Crippen LogP) is 1.94. The third-order valence-electron chi connectivity index (χ3n) is 3.50. The van der Waals surface area contributed by atoms with Gasteiger partial charge in [0.25, 0.3) is 0 Å². The van der Waals surface area contributed by atoms with Crippen LogP contribution in [-0.2, 0) is 11.2 Å². The Labute approximate surface area is 137 Å². The van der Waals surface area contributed by atoms with Crippen molar-refractivity contribution in [3.63, 3.8) is 0 Å². The fraction of sp³-hybridized carbons (Fsp3) is 0.188. The first kappa shape index (κ1) is 15.7. The molecule has 0 unspecified atom stereocenters. The number of benzene rings is 1. The van der Waals surface area contributed by atoms with Crippen molar-refractivity contribution in [3.05, 3.63) is 66.0 Å². The van der Waals surface area contributed by atoms with E-state index in [1.165, 1.54) is 16.8 Å². The average Bonchev–Trinajstić information content (AvgIpc) is 2.99. The molecule has 8 heteroatoms. The minimum Gasteiger partial charge on any atom is -0.323 e. The van der Waals surface area contributed by atoms with Crippen molar-refractivity contribution < 1.29 is 9.18 Å². The van der Waals surface area contributed by atoms with Crippen LogP contribution in [0.4, 0.5) is 10.1 Å². The van der Waals surface area contributed by atoms with Crippen molar-refractivity contribution in [2.45, 2.75) is 19.4 Å². The van der Waals surface area contributed by atoms with E-state index in [0.29, 0.717) is 17.1 Å². The molecule has 1 aromatic carbocycles. The van der Waals surface area contributed by atoms with Crippen LogP contribution in [0.25, 0.3) is 0 Å². The van der Waals surface area contributed by atoms with E-state index in [-0.39, 0.29) is 18.1 Å². The zero-order valence-electron chi connectivity index (χ0n) is 12.9. The number of aryl methyl sites for hydroxylation is 1. The summed E-state index contributed by atoms with van der Waals surface area (Å²) in [5.74, 6) is -0.159. The van der Waals surface area contributed by atoms with E-state index in [2.05, 4.69) is 25.8 Å². The second-order valence-corrected chi connectivity index (χ2v) is 5.25. The van der Waals surface area contributed by atoms with E-state index in [1.807, 2.05) is 0 Å². The van der Waals surface area contributed by atoms with Crippen molar-refractivity contribution in [3.8, 4) is 0 Å². The maximum Gasteiger partial charge on any atom is 0.249 e. The van der Waals surface area contributed by atoms with Gasteiger partial charge >= 0.3 is 0 Å². The van der Waals surface area contributed by atoms with Gasteiger partial charge in [-0.1, -0.05) is 12.1 Å². The average molecular weight is 326 g/mol. The Bertz CT molecular complexity index is 835. The van der Waals surface area contributed by atoms with Crippen molar-refractivity contribution in [1.29, 1.82) is 0 Å². The lowest BCUT2D eigenvalue weighted by Crippen LogP contribution is -2.29. The lowest BCUT2D eigenvalue weighted by molar-refractivity contribution is -0.119. The molecule has 3 aromatic rings. The molecule has 2 aromatic heterocycles. The molecular formula is C16H15FN6O. The Hall–Kier alpha value is -3.16. The fourth-order valence-corrected chi connectivity index (χ4v) is 2.37. The fourth-order valence-electron chi connectivity index (χ4n) is 2.37. The molecule has 0 aliphatic rings. The van der Waals surface area contributed by atoms with Gasteiger partial charge in [-0.25, -0.2) is 9.07 Å². The van der Waals surface area contributed by atoms with E-state index >= 15 is 0 Å². The predicted molar refractivity (Wildman–Crippen MR) is 84.6 cm³/mol. The maximum atomic E-state index is 13.4. The van der Waals surface area contributed by atoms with E-state index in [9.17, 15) is 9.18 Å². The number of aromatic nitrogens is 5. The molecule has 0 bridgehead atoms. The molecule has 2 heterocycles. The van der Waals surface area contributed by atoms with Crippen LogP contribution in [0.1, 0.15) is 17.4 Å². The highest BCUT2D eigenvalue weighted by Gasteiger charge is 2.24. The SMILES string of the molecule is Cc1nnnn1[C@H](Cc1cccc(F)c1)C(=O)Nc1cccnc1. The second-order valence-electron chi connectivity index (χ2n) is 5.25. The summed E-state index contributed by atoms with van der Waals surface area (Å²) in [6.07, 6.45) is 3.42. The maximum absolute atomic E-state index is 13.4. The molecule has 0 saturated heterocycles. The number of rotatable bonds is 5. The summed E-state index contributed by atoms with van der Waals surface area (Å²) >= 11 is 0. The number of carbonyl (C=O) groups is 1. The monoisotopic (exact) mass is 326 g/mol. The van der Waals surface area contributed by atoms with Crippen LogP contribution in [0.2, 0.25) is 0 Å². The Morgan fingerprint density at radius 1 is 1.33 bits per heavy atom. The van der Waals surface area contributed by atoms with Gasteiger partial charge in [0.15, 0.2) is 0 Å². The zero-order chi connectivity index (χ0) is 16.9. The Kier molecular flexibility index (Phi) is 4.55. The lowest BCUT2D eigenvalue weighted by Gasteiger charge is -2.17. The summed E-state index contributed by atoms with van der Waals surface area (Å²) in [5, 5.41) is 14.1. The van der Waals surface area contributed by atoms with Gasteiger partial charge in [0.05, 0.1) is 11.9 Å². The van der Waals surface area contributed by atoms with E-state index in [0.717, 1.165) is 0 Å². The van der Waals surface area contributed by atoms with Crippen molar-refractivity contribution >= 4 is 11.6 Å². The minimum absolute atomic E-state index is 0.260. The molecule has 7 nitrogen and oxygen atoms in total. The molecule has 1 atom stereocenters. The molecule has 24 heavy (non-hydrogen) atoms. The summed E-state index contributed by atoms with van der Waals surface area (Å²) in [6.45, 7) is 1.70. The third-order valence-corrected chi connectivity index (χ3v) is 3.50. The summed E-state index contributed by atoms with van der Waals surface area (Å²) in [4.78, 5) is 16.7. The van der Waals surface area contributed by atoms with Gasteiger partial charge in [-0.2, -0.15) is 0 Å². The summed E-state index contributed by atoms with van der Waals surface area (Å²) in [7, 11) is 0. The number of tetrazole rings is 1. The van der Waals surface area contributed by atoms with Gasteiger partial charge in [-0.05, 0) is 47.2 Å². The number of amides is 1. The van der Waals surface area contributed by atoms with Crippen molar-refractivity contribution in [2.24, 2.45) is 0 Å². The normalized spacial score (nSPS) is 11.9. The number of anilines is 1. The quantitative estimate of drug-likeness (QED) is 0.774. The molecule has 0 saturated carbocycles. The van der Waals surface area contributed by atoms with Crippen molar-refractivity contribution in [2.75, 3.05) is 5.32 Å². The highest BCUT2D eigenvalue weighted by Crippen LogP contribution is 2.18. The number of hydrogen-bond donors (Lipinski definition) is 1. The Morgan fingerprint density at radius 2 is 2.21 bits per heavy atom. The van der Waals surface area contributed by atoms with Gasteiger partial charge in [0, 0.05) is 12.6 Å². The first-order chi connectivity index (χ1) is 11.6. The largest absolute Gasteiger partial charge is 0.323 e. The zero-order valence-corrected chi connectivity index (χ0v) is 12.9. The second kappa shape index (κ2) is 6.95. The van der Waals surface area contributed by atoms with Gasteiger partial charge in [0.1, 0.15) is 17.7 Å². The summed E-state index contributed by atoms with van der Waals surface area (Å²) in [6, 6.07) is 8.86. The van der Waals surface area contributed by atoms with Gasteiger partial charge in [-0.3, -0.25) is 9.78 Å². The summed E-state index contributed by atoms with van der Waals surface area (Å²) < 4.78 is 14.9. The number of carbonyl (C=O) groups excluding carboxylic acids is 1. The molecule has 0 aliphatic heterocycles. The highest BCUT2D eigenvalue weighted by atomic mass is 19.1. The minimum atomic E-state index is -0.706. The van der Waals surface area contributed by atoms with Crippen LogP contribution in [-0.4, -0.2) is 31.1 Å². The topological polar surface area (TPSA) is 85.6 Å². The van der Waals surface area contributed by atoms with Crippen LogP contribution < -0.4 is 5.32 Å². The molecule has 3 rings (SSSR count). The number of halogens is 1. The molecule has 0 fully saturated rings. The van der Waals surface area contributed by atoms with E-state index in [4.69, 9.17) is 0 Å². The summed E-state index contributed by atoms with van der Waals surface area (Å²) in [5.41, 5.74) is 1.24. The van der Waals surface area contributed by atoms with Crippen LogP contribution in [0, 0.1) is 12.7 Å². The number of nitrogens with one attached hydrogen (secondary N) is 1. The van der Waals surface area contributed by atoms with Crippen LogP contribution >= 0.6 is 0 Å². The van der Waals surface area contributed by atoms with E-state index in [1.54, 1.807) is 43.6 Å². The van der Waals surface area contributed by atoms with E-state index < -0.39 is 6.04 Å². The van der Waals surface area contributed by atoms with Crippen LogP contribution in [0.15, 0.2) is 48.8 Å².